The molecule has 0 spiro atoms. The molecule has 0 saturated carbocycles. The Bertz CT molecular complexity index is 385. The fourth-order valence-electron chi connectivity index (χ4n) is 1.96. The lowest BCUT2D eigenvalue weighted by Crippen LogP contribution is -2.39. The average molecular weight is 236 g/mol. The lowest BCUT2D eigenvalue weighted by molar-refractivity contribution is -0.122. The molecule has 1 aliphatic rings. The van der Waals surface area contributed by atoms with Crippen molar-refractivity contribution < 1.29 is 9.90 Å². The Morgan fingerprint density at radius 1 is 1.41 bits per heavy atom. The number of piperidine rings is 1. The zero-order valence-electron chi connectivity index (χ0n) is 9.54. The first kappa shape index (κ1) is 11.8. The van der Waals surface area contributed by atoms with E-state index in [-0.39, 0.29) is 18.4 Å². The Kier molecular flexibility index (Phi) is 3.53. The molecule has 2 rings (SSSR count). The molecule has 92 valence electrons. The van der Waals surface area contributed by atoms with Crippen LogP contribution in [0.3, 0.4) is 0 Å². The Hall–Kier alpha value is -1.69. The maximum atomic E-state index is 11.0. The molecule has 1 aromatic heterocycles. The molecule has 1 amide bonds. The summed E-state index contributed by atoms with van der Waals surface area (Å²) >= 11 is 0. The third kappa shape index (κ3) is 2.71. The topological polar surface area (TPSA) is 92.3 Å². The van der Waals surface area contributed by atoms with Crippen LogP contribution >= 0.6 is 0 Å². The maximum absolute atomic E-state index is 11.0. The number of carbonyl (C=O) groups excluding carboxylic acids is 1. The van der Waals surface area contributed by atoms with Gasteiger partial charge in [0, 0.05) is 37.0 Å². The summed E-state index contributed by atoms with van der Waals surface area (Å²) in [5.41, 5.74) is 5.97. The molecule has 0 unspecified atom stereocenters. The first-order valence-electron chi connectivity index (χ1n) is 5.66. The van der Waals surface area contributed by atoms with Gasteiger partial charge in [0.2, 0.25) is 11.9 Å². The first-order chi connectivity index (χ1) is 8.20. The van der Waals surface area contributed by atoms with Crippen molar-refractivity contribution in [2.24, 2.45) is 11.7 Å². The van der Waals surface area contributed by atoms with Crippen LogP contribution in [-0.4, -0.2) is 34.1 Å². The van der Waals surface area contributed by atoms with Crippen LogP contribution in [-0.2, 0) is 11.4 Å². The Balaban J connectivity index is 1.97. The van der Waals surface area contributed by atoms with Crippen molar-refractivity contribution in [1.29, 1.82) is 0 Å². The number of hydrogen-bond acceptors (Lipinski definition) is 5. The second kappa shape index (κ2) is 5.09. The van der Waals surface area contributed by atoms with Gasteiger partial charge in [-0.1, -0.05) is 0 Å². The molecule has 0 aromatic carbocycles. The zero-order valence-corrected chi connectivity index (χ0v) is 9.54. The lowest BCUT2D eigenvalue weighted by Gasteiger charge is -2.30. The molecule has 17 heavy (non-hydrogen) atoms. The molecular weight excluding hydrogens is 220 g/mol. The van der Waals surface area contributed by atoms with Crippen LogP contribution in [0.15, 0.2) is 12.4 Å². The number of aromatic nitrogens is 2. The standard InChI is InChI=1S/C11H16N4O2/c12-10(17)9-1-3-15(4-2-9)11-13-5-8(7-16)6-14-11/h5-6,9,16H,1-4,7H2,(H2,12,17). The summed E-state index contributed by atoms with van der Waals surface area (Å²) in [6.07, 6.45) is 4.73. The van der Waals surface area contributed by atoms with Gasteiger partial charge in [0.1, 0.15) is 0 Å². The molecule has 0 bridgehead atoms. The number of aliphatic hydroxyl groups excluding tert-OH is 1. The molecule has 1 fully saturated rings. The molecular formula is C11H16N4O2. The SMILES string of the molecule is NC(=O)C1CCN(c2ncc(CO)cn2)CC1. The van der Waals surface area contributed by atoms with Crippen molar-refractivity contribution in [2.45, 2.75) is 19.4 Å². The smallest absolute Gasteiger partial charge is 0.225 e. The van der Waals surface area contributed by atoms with Crippen LogP contribution < -0.4 is 10.6 Å². The Morgan fingerprint density at radius 3 is 2.47 bits per heavy atom. The normalized spacial score (nSPS) is 17.1. The molecule has 2 heterocycles. The summed E-state index contributed by atoms with van der Waals surface area (Å²) in [6, 6.07) is 0. The minimum absolute atomic E-state index is 0.0250. The Morgan fingerprint density at radius 2 is 2.00 bits per heavy atom. The van der Waals surface area contributed by atoms with Gasteiger partial charge < -0.3 is 15.7 Å². The highest BCUT2D eigenvalue weighted by Gasteiger charge is 2.24. The summed E-state index contributed by atoms with van der Waals surface area (Å²) in [5.74, 6) is 0.397. The van der Waals surface area contributed by atoms with Gasteiger partial charge in [-0.15, -0.1) is 0 Å². The number of hydrogen-bond donors (Lipinski definition) is 2. The summed E-state index contributed by atoms with van der Waals surface area (Å²) in [5, 5.41) is 8.89. The van der Waals surface area contributed by atoms with E-state index in [1.807, 2.05) is 4.90 Å². The molecule has 0 atom stereocenters. The summed E-state index contributed by atoms with van der Waals surface area (Å²) < 4.78 is 0. The van der Waals surface area contributed by atoms with Crippen LogP contribution in [0.2, 0.25) is 0 Å². The van der Waals surface area contributed by atoms with E-state index in [1.165, 1.54) is 0 Å². The summed E-state index contributed by atoms with van der Waals surface area (Å²) in [7, 11) is 0. The number of carbonyl (C=O) groups is 1. The number of rotatable bonds is 3. The zero-order chi connectivity index (χ0) is 12.3. The second-order valence-corrected chi connectivity index (χ2v) is 4.21. The van der Waals surface area contributed by atoms with Crippen molar-refractivity contribution in [3.8, 4) is 0 Å². The van der Waals surface area contributed by atoms with Crippen LogP contribution in [0.4, 0.5) is 5.95 Å². The van der Waals surface area contributed by atoms with Gasteiger partial charge in [-0.05, 0) is 12.8 Å². The van der Waals surface area contributed by atoms with Gasteiger partial charge in [0.15, 0.2) is 0 Å². The number of nitrogens with two attached hydrogens (primary N) is 1. The van der Waals surface area contributed by atoms with Gasteiger partial charge in [-0.3, -0.25) is 4.79 Å². The third-order valence-corrected chi connectivity index (χ3v) is 3.05. The minimum atomic E-state index is -0.221. The summed E-state index contributed by atoms with van der Waals surface area (Å²) in [4.78, 5) is 21.4. The van der Waals surface area contributed by atoms with Crippen LogP contribution in [0.1, 0.15) is 18.4 Å². The first-order valence-corrected chi connectivity index (χ1v) is 5.66. The van der Waals surface area contributed by atoms with Crippen molar-refractivity contribution in [3.63, 3.8) is 0 Å². The highest BCUT2D eigenvalue weighted by Crippen LogP contribution is 2.19. The van der Waals surface area contributed by atoms with Crippen LogP contribution in [0.5, 0.6) is 0 Å². The predicted octanol–water partition coefficient (Wildman–Crippen LogP) is -0.329. The molecule has 6 heteroatoms. The van der Waals surface area contributed by atoms with Gasteiger partial charge in [0.05, 0.1) is 6.61 Å². The molecule has 3 N–H and O–H groups in total. The number of primary amides is 1. The van der Waals surface area contributed by atoms with Gasteiger partial charge in [-0.25, -0.2) is 9.97 Å². The van der Waals surface area contributed by atoms with E-state index in [2.05, 4.69) is 9.97 Å². The molecule has 0 radical (unpaired) electrons. The monoisotopic (exact) mass is 236 g/mol. The van der Waals surface area contributed by atoms with Crippen molar-refractivity contribution in [2.75, 3.05) is 18.0 Å². The molecule has 1 saturated heterocycles. The summed E-state index contributed by atoms with van der Waals surface area (Å²) in [6.45, 7) is 1.43. The lowest BCUT2D eigenvalue weighted by atomic mass is 9.96. The van der Waals surface area contributed by atoms with E-state index >= 15 is 0 Å². The number of aliphatic hydroxyl groups is 1. The third-order valence-electron chi connectivity index (χ3n) is 3.05. The molecule has 6 nitrogen and oxygen atoms in total. The van der Waals surface area contributed by atoms with E-state index < -0.39 is 0 Å². The molecule has 1 aromatic rings. The van der Waals surface area contributed by atoms with E-state index in [4.69, 9.17) is 10.8 Å². The van der Waals surface area contributed by atoms with Gasteiger partial charge in [-0.2, -0.15) is 0 Å². The highest BCUT2D eigenvalue weighted by atomic mass is 16.3. The Labute approximate surface area is 99.5 Å². The number of anilines is 1. The average Bonchev–Trinajstić information content (AvgIpc) is 2.39. The van der Waals surface area contributed by atoms with Crippen LogP contribution in [0, 0.1) is 5.92 Å². The minimum Gasteiger partial charge on any atom is -0.392 e. The number of nitrogens with zero attached hydrogens (tertiary/aromatic N) is 3. The van der Waals surface area contributed by atoms with E-state index in [9.17, 15) is 4.79 Å². The second-order valence-electron chi connectivity index (χ2n) is 4.21. The molecule has 0 aliphatic carbocycles. The highest BCUT2D eigenvalue weighted by molar-refractivity contribution is 5.76. The fraction of sp³-hybridized carbons (Fsp3) is 0.545. The van der Waals surface area contributed by atoms with Crippen LogP contribution in [0.25, 0.3) is 0 Å². The predicted molar refractivity (Wildman–Crippen MR) is 62.1 cm³/mol. The van der Waals surface area contributed by atoms with Crippen molar-refractivity contribution >= 4 is 11.9 Å². The largest absolute Gasteiger partial charge is 0.392 e. The van der Waals surface area contributed by atoms with E-state index in [0.29, 0.717) is 11.5 Å². The van der Waals surface area contributed by atoms with Crippen molar-refractivity contribution in [1.82, 2.24) is 9.97 Å². The maximum Gasteiger partial charge on any atom is 0.225 e. The quantitative estimate of drug-likeness (QED) is 0.749. The fourth-order valence-corrected chi connectivity index (χ4v) is 1.96. The van der Waals surface area contributed by atoms with Gasteiger partial charge in [0.25, 0.3) is 0 Å². The van der Waals surface area contributed by atoms with E-state index in [0.717, 1.165) is 25.9 Å². The van der Waals surface area contributed by atoms with Gasteiger partial charge >= 0.3 is 0 Å². The number of amides is 1. The van der Waals surface area contributed by atoms with E-state index in [1.54, 1.807) is 12.4 Å². The molecule has 1 aliphatic heterocycles. The van der Waals surface area contributed by atoms with Crippen molar-refractivity contribution in [3.05, 3.63) is 18.0 Å².